The molecule has 2 aromatic heterocycles. The number of nitrogens with zero attached hydrogens (tertiary/aromatic N) is 1. The highest BCUT2D eigenvalue weighted by Gasteiger charge is 2.32. The highest BCUT2D eigenvalue weighted by Crippen LogP contribution is 2.46. The number of thiophene rings is 1. The summed E-state index contributed by atoms with van der Waals surface area (Å²) in [7, 11) is 1.49. The van der Waals surface area contributed by atoms with Gasteiger partial charge in [0.2, 0.25) is 0 Å². The Morgan fingerprint density at radius 3 is 2.61 bits per heavy atom. The quantitative estimate of drug-likeness (QED) is 0.408. The normalized spacial score (nSPS) is 19.0. The summed E-state index contributed by atoms with van der Waals surface area (Å²) in [5.41, 5.74) is 6.34. The van der Waals surface area contributed by atoms with E-state index < -0.39 is 0 Å². The third-order valence-electron chi connectivity index (χ3n) is 6.28. The van der Waals surface area contributed by atoms with Gasteiger partial charge in [0.15, 0.2) is 0 Å². The van der Waals surface area contributed by atoms with E-state index in [4.69, 9.17) is 9.72 Å². The molecule has 2 heterocycles. The average Bonchev–Trinajstić information content (AvgIpc) is 2.97. The second-order valence-electron chi connectivity index (χ2n) is 7.93. The van der Waals surface area contributed by atoms with Crippen molar-refractivity contribution < 1.29 is 9.53 Å². The summed E-state index contributed by atoms with van der Waals surface area (Å²) in [6.45, 7) is 0. The molecule has 0 unspecified atom stereocenters. The van der Waals surface area contributed by atoms with Crippen LogP contribution in [0.5, 0.6) is 0 Å². The molecule has 0 saturated heterocycles. The molecule has 1 atom stereocenters. The lowest BCUT2D eigenvalue weighted by atomic mass is 9.87. The first-order valence-electron chi connectivity index (χ1n) is 10.4. The molecular formula is C24H25NO2S. The first-order valence-corrected chi connectivity index (χ1v) is 11.2. The molecule has 0 spiro atoms. The van der Waals surface area contributed by atoms with Gasteiger partial charge in [-0.05, 0) is 67.2 Å². The Morgan fingerprint density at radius 2 is 1.79 bits per heavy atom. The molecule has 3 aromatic rings. The number of fused-ring (bicyclic) bond motifs is 4. The van der Waals surface area contributed by atoms with Crippen molar-refractivity contribution >= 4 is 27.5 Å². The van der Waals surface area contributed by atoms with Gasteiger partial charge in [-0.1, -0.05) is 36.8 Å². The summed E-state index contributed by atoms with van der Waals surface area (Å²) in [6.07, 6.45) is 8.79. The van der Waals surface area contributed by atoms with E-state index in [-0.39, 0.29) is 11.9 Å². The fraction of sp³-hybridized carbons (Fsp3) is 0.417. The molecule has 144 valence electrons. The number of carbonyl (C=O) groups excluding carboxylic acids is 1. The lowest BCUT2D eigenvalue weighted by Gasteiger charge is -2.19. The van der Waals surface area contributed by atoms with Gasteiger partial charge < -0.3 is 4.74 Å². The summed E-state index contributed by atoms with van der Waals surface area (Å²) >= 11 is 1.85. The molecule has 2 aliphatic carbocycles. The Labute approximate surface area is 169 Å². The largest absolute Gasteiger partial charge is 0.469 e. The van der Waals surface area contributed by atoms with Gasteiger partial charge in [0, 0.05) is 10.3 Å². The number of pyridine rings is 1. The van der Waals surface area contributed by atoms with E-state index in [1.165, 1.54) is 52.5 Å². The number of hydrogen-bond donors (Lipinski definition) is 0. The zero-order chi connectivity index (χ0) is 19.1. The summed E-state index contributed by atoms with van der Waals surface area (Å²) in [6, 6.07) is 10.7. The van der Waals surface area contributed by atoms with Crippen LogP contribution in [0.4, 0.5) is 0 Å². The Kier molecular flexibility index (Phi) is 4.67. The topological polar surface area (TPSA) is 39.2 Å². The number of aromatic nitrogens is 1. The fourth-order valence-electron chi connectivity index (χ4n) is 4.97. The number of aryl methyl sites for hydroxylation is 2. The Bertz CT molecular complexity index is 1040. The van der Waals surface area contributed by atoms with Crippen molar-refractivity contribution in [3.8, 4) is 11.1 Å². The number of benzene rings is 1. The molecule has 0 radical (unpaired) electrons. The van der Waals surface area contributed by atoms with Gasteiger partial charge in [-0.25, -0.2) is 4.98 Å². The fourth-order valence-corrected chi connectivity index (χ4v) is 6.25. The van der Waals surface area contributed by atoms with Crippen molar-refractivity contribution in [2.45, 2.75) is 57.3 Å². The molecule has 1 aromatic carbocycles. The number of rotatable bonds is 2. The Morgan fingerprint density at radius 1 is 1.04 bits per heavy atom. The van der Waals surface area contributed by atoms with Crippen LogP contribution in [0.15, 0.2) is 30.3 Å². The predicted molar refractivity (Wildman–Crippen MR) is 114 cm³/mol. The number of esters is 1. The van der Waals surface area contributed by atoms with Gasteiger partial charge in [0.1, 0.15) is 4.83 Å². The van der Waals surface area contributed by atoms with E-state index in [0.717, 1.165) is 49.0 Å². The van der Waals surface area contributed by atoms with Crippen LogP contribution < -0.4 is 0 Å². The van der Waals surface area contributed by atoms with Gasteiger partial charge in [0.25, 0.3) is 0 Å². The smallest absolute Gasteiger partial charge is 0.314 e. The maximum atomic E-state index is 12.6. The molecule has 28 heavy (non-hydrogen) atoms. The maximum absolute atomic E-state index is 12.6. The Hall–Kier alpha value is -2.20. The van der Waals surface area contributed by atoms with Crippen LogP contribution in [0.2, 0.25) is 0 Å². The highest BCUT2D eigenvalue weighted by molar-refractivity contribution is 7.19. The zero-order valence-electron chi connectivity index (χ0n) is 16.3. The van der Waals surface area contributed by atoms with Crippen LogP contribution in [0.25, 0.3) is 21.3 Å². The van der Waals surface area contributed by atoms with Crippen LogP contribution in [-0.4, -0.2) is 18.1 Å². The van der Waals surface area contributed by atoms with Crippen molar-refractivity contribution in [3.05, 3.63) is 52.0 Å². The van der Waals surface area contributed by atoms with E-state index in [1.54, 1.807) is 0 Å². The zero-order valence-corrected chi connectivity index (χ0v) is 17.1. The third-order valence-corrected chi connectivity index (χ3v) is 7.47. The molecule has 0 N–H and O–H groups in total. The molecular weight excluding hydrogens is 366 g/mol. The molecule has 0 saturated carbocycles. The van der Waals surface area contributed by atoms with Crippen molar-refractivity contribution in [1.82, 2.24) is 4.98 Å². The first-order chi connectivity index (χ1) is 13.8. The van der Waals surface area contributed by atoms with Crippen molar-refractivity contribution in [2.24, 2.45) is 0 Å². The van der Waals surface area contributed by atoms with E-state index >= 15 is 0 Å². The maximum Gasteiger partial charge on any atom is 0.314 e. The second kappa shape index (κ2) is 7.32. The average molecular weight is 392 g/mol. The van der Waals surface area contributed by atoms with E-state index in [9.17, 15) is 4.79 Å². The summed E-state index contributed by atoms with van der Waals surface area (Å²) in [4.78, 5) is 20.3. The monoisotopic (exact) mass is 391 g/mol. The molecule has 0 amide bonds. The van der Waals surface area contributed by atoms with Gasteiger partial charge in [0.05, 0.1) is 18.7 Å². The first kappa shape index (κ1) is 17.9. The van der Waals surface area contributed by atoms with Gasteiger partial charge >= 0.3 is 5.97 Å². The third kappa shape index (κ3) is 2.86. The minimum absolute atomic E-state index is 0.143. The van der Waals surface area contributed by atoms with E-state index in [2.05, 4.69) is 30.3 Å². The molecule has 2 aliphatic rings. The number of carbonyl (C=O) groups is 1. The van der Waals surface area contributed by atoms with Gasteiger partial charge in [-0.2, -0.15) is 0 Å². The van der Waals surface area contributed by atoms with Crippen molar-refractivity contribution in [2.75, 3.05) is 7.11 Å². The summed E-state index contributed by atoms with van der Waals surface area (Å²) in [5.74, 6) is -0.385. The molecule has 5 rings (SSSR count). The molecule has 0 bridgehead atoms. The Balaban J connectivity index is 1.86. The van der Waals surface area contributed by atoms with Crippen LogP contribution in [-0.2, 0) is 28.8 Å². The molecule has 0 fully saturated rings. The standard InChI is InChI=1S/C24H25NO2S/c1-27-24(26)18-13-6-5-12-17-20(15-9-3-2-4-10-15)21-16-11-7-8-14-19(16)28-23(21)25-22(17)18/h2-4,9-10,18H,5-8,11-14H2,1H3/t18-/m0/s1. The van der Waals surface area contributed by atoms with Gasteiger partial charge in [-0.3, -0.25) is 4.79 Å². The molecule has 3 nitrogen and oxygen atoms in total. The lowest BCUT2D eigenvalue weighted by molar-refractivity contribution is -0.142. The molecule has 4 heteroatoms. The van der Waals surface area contributed by atoms with Crippen LogP contribution in [0.1, 0.15) is 59.7 Å². The van der Waals surface area contributed by atoms with E-state index in [1.807, 2.05) is 11.3 Å². The summed E-state index contributed by atoms with van der Waals surface area (Å²) in [5, 5.41) is 1.36. The molecule has 0 aliphatic heterocycles. The van der Waals surface area contributed by atoms with Crippen LogP contribution >= 0.6 is 11.3 Å². The number of methoxy groups -OCH3 is 1. The van der Waals surface area contributed by atoms with Crippen LogP contribution in [0, 0.1) is 0 Å². The second-order valence-corrected chi connectivity index (χ2v) is 9.01. The highest BCUT2D eigenvalue weighted by atomic mass is 32.1. The predicted octanol–water partition coefficient (Wildman–Crippen LogP) is 5.83. The summed E-state index contributed by atoms with van der Waals surface area (Å²) < 4.78 is 5.17. The number of hydrogen-bond acceptors (Lipinski definition) is 4. The SMILES string of the molecule is COC(=O)[C@H]1CCCCc2c1nc1sc3c(c1c2-c1ccccc1)CCCC3. The minimum atomic E-state index is -0.242. The van der Waals surface area contributed by atoms with Crippen molar-refractivity contribution in [1.29, 1.82) is 0 Å². The van der Waals surface area contributed by atoms with Crippen molar-refractivity contribution in [3.63, 3.8) is 0 Å². The number of ether oxygens (including phenoxy) is 1. The van der Waals surface area contributed by atoms with E-state index in [0.29, 0.717) is 0 Å². The lowest BCUT2D eigenvalue weighted by Crippen LogP contribution is -2.16. The van der Waals surface area contributed by atoms with Gasteiger partial charge in [-0.15, -0.1) is 11.3 Å². The minimum Gasteiger partial charge on any atom is -0.469 e. The van der Waals surface area contributed by atoms with Crippen LogP contribution in [0.3, 0.4) is 0 Å².